The number of halogens is 1. The van der Waals surface area contributed by atoms with Crippen molar-refractivity contribution >= 4 is 21.9 Å². The van der Waals surface area contributed by atoms with Gasteiger partial charge in [0.05, 0.1) is 12.5 Å². The molecule has 2 rings (SSSR count). The Bertz CT molecular complexity index is 524. The average molecular weight is 331 g/mol. The van der Waals surface area contributed by atoms with E-state index in [2.05, 4.69) is 15.9 Å². The highest BCUT2D eigenvalue weighted by Gasteiger charge is 2.31. The van der Waals surface area contributed by atoms with Gasteiger partial charge in [-0.2, -0.15) is 0 Å². The third-order valence-electron chi connectivity index (χ3n) is 3.05. The lowest BCUT2D eigenvalue weighted by molar-refractivity contribution is -0.146. The van der Waals surface area contributed by atoms with Crippen LogP contribution in [0.1, 0.15) is 19.4 Å². The van der Waals surface area contributed by atoms with Crippen LogP contribution in [-0.2, 0) is 11.2 Å². The maximum absolute atomic E-state index is 11.2. The molecule has 1 aliphatic rings. The van der Waals surface area contributed by atoms with Crippen molar-refractivity contribution in [3.8, 4) is 17.2 Å². The Kier molecular flexibility index (Phi) is 3.62. The van der Waals surface area contributed by atoms with Gasteiger partial charge in [-0.1, -0.05) is 0 Å². The lowest BCUT2D eigenvalue weighted by Crippen LogP contribution is -2.26. The molecule has 0 unspecified atom stereocenters. The van der Waals surface area contributed by atoms with E-state index in [-0.39, 0.29) is 6.79 Å². The fourth-order valence-electron chi connectivity index (χ4n) is 1.94. The van der Waals surface area contributed by atoms with Gasteiger partial charge in [-0.15, -0.1) is 0 Å². The molecule has 104 valence electrons. The highest BCUT2D eigenvalue weighted by atomic mass is 79.9. The van der Waals surface area contributed by atoms with Crippen molar-refractivity contribution in [2.24, 2.45) is 5.41 Å². The van der Waals surface area contributed by atoms with Crippen molar-refractivity contribution in [2.75, 3.05) is 13.9 Å². The molecule has 1 heterocycles. The second-order valence-electron chi connectivity index (χ2n) is 4.98. The Morgan fingerprint density at radius 2 is 2.21 bits per heavy atom. The van der Waals surface area contributed by atoms with E-state index < -0.39 is 11.4 Å². The second kappa shape index (κ2) is 4.92. The van der Waals surface area contributed by atoms with Crippen LogP contribution in [-0.4, -0.2) is 25.0 Å². The Balaban J connectivity index is 2.46. The predicted octanol–water partition coefficient (Wildman–Crippen LogP) is 2.84. The maximum atomic E-state index is 11.2. The highest BCUT2D eigenvalue weighted by molar-refractivity contribution is 9.10. The van der Waals surface area contributed by atoms with Crippen LogP contribution >= 0.6 is 15.9 Å². The highest BCUT2D eigenvalue weighted by Crippen LogP contribution is 2.47. The van der Waals surface area contributed by atoms with Crippen LogP contribution in [0.4, 0.5) is 0 Å². The van der Waals surface area contributed by atoms with Gasteiger partial charge in [0, 0.05) is 5.56 Å². The Morgan fingerprint density at radius 1 is 1.53 bits per heavy atom. The molecule has 1 aromatic rings. The summed E-state index contributed by atoms with van der Waals surface area (Å²) in [6, 6.07) is 1.77. The van der Waals surface area contributed by atoms with Crippen LogP contribution in [0.2, 0.25) is 0 Å². The first kappa shape index (κ1) is 14.0. The topological polar surface area (TPSA) is 65.0 Å². The molecule has 0 fully saturated rings. The zero-order chi connectivity index (χ0) is 14.2. The summed E-state index contributed by atoms with van der Waals surface area (Å²) in [7, 11) is 1.54. The predicted molar refractivity (Wildman–Crippen MR) is 71.9 cm³/mol. The van der Waals surface area contributed by atoms with E-state index in [0.29, 0.717) is 28.1 Å². The van der Waals surface area contributed by atoms with E-state index in [9.17, 15) is 9.90 Å². The quantitative estimate of drug-likeness (QED) is 0.919. The lowest BCUT2D eigenvalue weighted by Gasteiger charge is -2.21. The number of methoxy groups -OCH3 is 1. The van der Waals surface area contributed by atoms with E-state index >= 15 is 0 Å². The Morgan fingerprint density at radius 3 is 2.79 bits per heavy atom. The number of aliphatic carboxylic acids is 1. The molecule has 0 bridgehead atoms. The second-order valence-corrected chi connectivity index (χ2v) is 5.78. The van der Waals surface area contributed by atoms with E-state index in [1.807, 2.05) is 0 Å². The third kappa shape index (κ3) is 2.49. The monoisotopic (exact) mass is 330 g/mol. The minimum absolute atomic E-state index is 0.156. The molecule has 0 aromatic heterocycles. The number of rotatable bonds is 4. The number of ether oxygens (including phenoxy) is 3. The van der Waals surface area contributed by atoms with E-state index in [0.717, 1.165) is 5.56 Å². The molecule has 0 saturated heterocycles. The summed E-state index contributed by atoms with van der Waals surface area (Å²) in [6.07, 6.45) is 0.334. The largest absolute Gasteiger partial charge is 0.495 e. The summed E-state index contributed by atoms with van der Waals surface area (Å²) in [5, 5.41) is 9.22. The molecule has 1 aliphatic heterocycles. The Labute approximate surface area is 119 Å². The van der Waals surface area contributed by atoms with Gasteiger partial charge in [-0.05, 0) is 42.3 Å². The summed E-state index contributed by atoms with van der Waals surface area (Å²) in [6.45, 7) is 3.50. The fourth-order valence-corrected chi connectivity index (χ4v) is 2.67. The van der Waals surface area contributed by atoms with Gasteiger partial charge < -0.3 is 19.3 Å². The zero-order valence-electron chi connectivity index (χ0n) is 10.9. The van der Waals surface area contributed by atoms with Crippen molar-refractivity contribution in [1.29, 1.82) is 0 Å². The molecular formula is C13H15BrO5. The molecule has 0 saturated carbocycles. The first-order chi connectivity index (χ1) is 8.86. The normalized spacial score (nSPS) is 13.5. The molecule has 0 atom stereocenters. The minimum Gasteiger partial charge on any atom is -0.495 e. The van der Waals surface area contributed by atoms with Crippen LogP contribution in [0.25, 0.3) is 0 Å². The lowest BCUT2D eigenvalue weighted by atomic mass is 9.85. The van der Waals surface area contributed by atoms with Crippen molar-refractivity contribution in [1.82, 2.24) is 0 Å². The molecule has 1 N–H and O–H groups in total. The Hall–Kier alpha value is -1.43. The molecule has 0 aliphatic carbocycles. The van der Waals surface area contributed by atoms with Crippen molar-refractivity contribution < 1.29 is 24.1 Å². The zero-order valence-corrected chi connectivity index (χ0v) is 12.5. The summed E-state index contributed by atoms with van der Waals surface area (Å²) >= 11 is 3.41. The molecular weight excluding hydrogens is 316 g/mol. The van der Waals surface area contributed by atoms with Crippen molar-refractivity contribution in [3.63, 3.8) is 0 Å². The number of fused-ring (bicyclic) bond motifs is 1. The minimum atomic E-state index is -0.888. The first-order valence-electron chi connectivity index (χ1n) is 5.75. The number of carboxylic acids is 1. The molecule has 6 heteroatoms. The summed E-state index contributed by atoms with van der Waals surface area (Å²) in [4.78, 5) is 11.2. The first-order valence-corrected chi connectivity index (χ1v) is 6.54. The molecule has 19 heavy (non-hydrogen) atoms. The number of hydrogen-bond donors (Lipinski definition) is 1. The average Bonchev–Trinajstić information content (AvgIpc) is 2.77. The van der Waals surface area contributed by atoms with Crippen molar-refractivity contribution in [2.45, 2.75) is 20.3 Å². The molecule has 1 aromatic carbocycles. The third-order valence-corrected chi connectivity index (χ3v) is 3.77. The van der Waals surface area contributed by atoms with Gasteiger partial charge in [0.1, 0.15) is 10.2 Å². The number of carboxylic acid groups (broad SMARTS) is 1. The van der Waals surface area contributed by atoms with Crippen LogP contribution in [0.3, 0.4) is 0 Å². The standard InChI is InChI=1S/C13H15BrO5/c1-13(2,12(15)16)5-7-4-8-11(19-6-18-8)9(14)10(7)17-3/h4H,5-6H2,1-3H3,(H,15,16). The van der Waals surface area contributed by atoms with Crippen LogP contribution in [0.5, 0.6) is 17.2 Å². The molecule has 0 radical (unpaired) electrons. The van der Waals surface area contributed by atoms with E-state index in [1.54, 1.807) is 27.0 Å². The summed E-state index contributed by atoms with van der Waals surface area (Å²) in [5.74, 6) is 0.916. The number of benzene rings is 1. The van der Waals surface area contributed by atoms with Gasteiger partial charge in [0.25, 0.3) is 0 Å². The smallest absolute Gasteiger partial charge is 0.309 e. The SMILES string of the molecule is COc1c(CC(C)(C)C(=O)O)cc2c(c1Br)OCO2. The summed E-state index contributed by atoms with van der Waals surface area (Å²) in [5.41, 5.74) is -0.119. The van der Waals surface area contributed by atoms with Gasteiger partial charge in [0.2, 0.25) is 6.79 Å². The van der Waals surface area contributed by atoms with Crippen LogP contribution < -0.4 is 14.2 Å². The van der Waals surface area contributed by atoms with Gasteiger partial charge in [-0.25, -0.2) is 0 Å². The molecule has 5 nitrogen and oxygen atoms in total. The van der Waals surface area contributed by atoms with Crippen LogP contribution in [0.15, 0.2) is 10.5 Å². The van der Waals surface area contributed by atoms with Crippen molar-refractivity contribution in [3.05, 3.63) is 16.1 Å². The number of hydrogen-bond acceptors (Lipinski definition) is 4. The van der Waals surface area contributed by atoms with E-state index in [4.69, 9.17) is 14.2 Å². The van der Waals surface area contributed by atoms with E-state index in [1.165, 1.54) is 0 Å². The molecule has 0 spiro atoms. The van der Waals surface area contributed by atoms with Gasteiger partial charge in [0.15, 0.2) is 11.5 Å². The summed E-state index contributed by atoms with van der Waals surface area (Å²) < 4.78 is 16.7. The fraction of sp³-hybridized carbons (Fsp3) is 0.462. The number of carbonyl (C=O) groups is 1. The van der Waals surface area contributed by atoms with Crippen LogP contribution in [0, 0.1) is 5.41 Å². The molecule has 0 amide bonds. The van der Waals surface area contributed by atoms with Gasteiger partial charge in [-0.3, -0.25) is 4.79 Å². The van der Waals surface area contributed by atoms with Gasteiger partial charge >= 0.3 is 5.97 Å². The maximum Gasteiger partial charge on any atom is 0.309 e.